The topological polar surface area (TPSA) is 64.8 Å². The number of carbonyl (C=O) groups is 1. The van der Waals surface area contributed by atoms with Crippen LogP contribution in [0.4, 0.5) is 11.4 Å². The number of ether oxygens (including phenoxy) is 2. The second-order valence-electron chi connectivity index (χ2n) is 4.53. The SMILES string of the molecule is Nc1cccc2c1N(C(=O)C1COCCO1)CC2. The Labute approximate surface area is 105 Å². The van der Waals surface area contributed by atoms with Gasteiger partial charge in [0.2, 0.25) is 0 Å². The number of benzene rings is 1. The molecule has 0 aliphatic carbocycles. The molecule has 1 amide bonds. The Morgan fingerprint density at radius 2 is 2.28 bits per heavy atom. The fraction of sp³-hybridized carbons (Fsp3) is 0.462. The van der Waals surface area contributed by atoms with Gasteiger partial charge in [-0.25, -0.2) is 0 Å². The Morgan fingerprint density at radius 1 is 1.39 bits per heavy atom. The van der Waals surface area contributed by atoms with E-state index < -0.39 is 6.10 Å². The minimum Gasteiger partial charge on any atom is -0.397 e. The molecule has 1 saturated heterocycles. The number of fused-ring (bicyclic) bond motifs is 1. The van der Waals surface area contributed by atoms with Gasteiger partial charge in [0.15, 0.2) is 6.10 Å². The number of carbonyl (C=O) groups excluding carboxylic acids is 1. The maximum atomic E-state index is 12.4. The van der Waals surface area contributed by atoms with E-state index in [9.17, 15) is 4.79 Å². The maximum absolute atomic E-state index is 12.4. The number of rotatable bonds is 1. The highest BCUT2D eigenvalue weighted by atomic mass is 16.6. The van der Waals surface area contributed by atoms with Crippen LogP contribution in [0.15, 0.2) is 18.2 Å². The van der Waals surface area contributed by atoms with Crippen LogP contribution in [0.25, 0.3) is 0 Å². The van der Waals surface area contributed by atoms with E-state index in [-0.39, 0.29) is 5.91 Å². The average molecular weight is 248 g/mol. The predicted octanol–water partition coefficient (Wildman–Crippen LogP) is 0.573. The molecule has 2 N–H and O–H groups in total. The smallest absolute Gasteiger partial charge is 0.258 e. The van der Waals surface area contributed by atoms with Crippen LogP contribution in [0.1, 0.15) is 5.56 Å². The summed E-state index contributed by atoms with van der Waals surface area (Å²) in [6.45, 7) is 2.03. The van der Waals surface area contributed by atoms with Crippen molar-refractivity contribution in [3.63, 3.8) is 0 Å². The summed E-state index contributed by atoms with van der Waals surface area (Å²) in [6, 6.07) is 5.75. The summed E-state index contributed by atoms with van der Waals surface area (Å²) in [5.41, 5.74) is 8.58. The Balaban J connectivity index is 1.85. The van der Waals surface area contributed by atoms with E-state index >= 15 is 0 Å². The van der Waals surface area contributed by atoms with Crippen molar-refractivity contribution >= 4 is 17.3 Å². The van der Waals surface area contributed by atoms with Gasteiger partial charge in [-0.1, -0.05) is 12.1 Å². The lowest BCUT2D eigenvalue weighted by atomic mass is 10.1. The van der Waals surface area contributed by atoms with Crippen molar-refractivity contribution in [3.8, 4) is 0 Å². The van der Waals surface area contributed by atoms with Crippen LogP contribution in [0.2, 0.25) is 0 Å². The second kappa shape index (κ2) is 4.59. The lowest BCUT2D eigenvalue weighted by molar-refractivity contribution is -0.144. The first-order chi connectivity index (χ1) is 8.77. The van der Waals surface area contributed by atoms with E-state index in [0.717, 1.165) is 17.7 Å². The molecule has 2 heterocycles. The first-order valence-electron chi connectivity index (χ1n) is 6.15. The van der Waals surface area contributed by atoms with Crippen LogP contribution < -0.4 is 10.6 Å². The molecule has 18 heavy (non-hydrogen) atoms. The summed E-state index contributed by atoms with van der Waals surface area (Å²) in [5.74, 6) is -0.0497. The predicted molar refractivity (Wildman–Crippen MR) is 67.5 cm³/mol. The van der Waals surface area contributed by atoms with E-state index in [2.05, 4.69) is 0 Å². The maximum Gasteiger partial charge on any atom is 0.258 e. The zero-order valence-electron chi connectivity index (χ0n) is 10.1. The zero-order chi connectivity index (χ0) is 12.5. The van der Waals surface area contributed by atoms with E-state index in [0.29, 0.717) is 32.1 Å². The van der Waals surface area contributed by atoms with E-state index in [1.54, 1.807) is 4.90 Å². The lowest BCUT2D eigenvalue weighted by Gasteiger charge is -2.27. The molecule has 5 nitrogen and oxygen atoms in total. The van der Waals surface area contributed by atoms with E-state index in [1.165, 1.54) is 0 Å². The highest BCUT2D eigenvalue weighted by molar-refractivity contribution is 6.01. The van der Waals surface area contributed by atoms with Gasteiger partial charge in [-0.05, 0) is 18.1 Å². The fourth-order valence-electron chi connectivity index (χ4n) is 2.51. The van der Waals surface area contributed by atoms with Gasteiger partial charge in [-0.3, -0.25) is 4.79 Å². The van der Waals surface area contributed by atoms with Crippen molar-refractivity contribution < 1.29 is 14.3 Å². The molecule has 0 saturated carbocycles. The average Bonchev–Trinajstić information content (AvgIpc) is 2.84. The molecule has 1 aromatic carbocycles. The van der Waals surface area contributed by atoms with Crippen LogP contribution in [-0.4, -0.2) is 38.4 Å². The van der Waals surface area contributed by atoms with Crippen LogP contribution in [0, 0.1) is 0 Å². The molecule has 3 rings (SSSR count). The number of hydrogen-bond donors (Lipinski definition) is 1. The van der Waals surface area contributed by atoms with E-state index in [4.69, 9.17) is 15.2 Å². The number of hydrogen-bond acceptors (Lipinski definition) is 4. The molecule has 2 aliphatic rings. The van der Waals surface area contributed by atoms with Gasteiger partial charge in [0, 0.05) is 6.54 Å². The number of nitrogens with zero attached hydrogens (tertiary/aromatic N) is 1. The number of amides is 1. The Morgan fingerprint density at radius 3 is 3.06 bits per heavy atom. The highest BCUT2D eigenvalue weighted by Crippen LogP contribution is 2.34. The van der Waals surface area contributed by atoms with Gasteiger partial charge >= 0.3 is 0 Å². The molecule has 0 radical (unpaired) electrons. The van der Waals surface area contributed by atoms with Crippen LogP contribution in [-0.2, 0) is 20.7 Å². The summed E-state index contributed by atoms with van der Waals surface area (Å²) >= 11 is 0. The third-order valence-electron chi connectivity index (χ3n) is 3.38. The van der Waals surface area contributed by atoms with Gasteiger partial charge in [-0.15, -0.1) is 0 Å². The van der Waals surface area contributed by atoms with E-state index in [1.807, 2.05) is 18.2 Å². The molecule has 5 heteroatoms. The fourth-order valence-corrected chi connectivity index (χ4v) is 2.51. The summed E-state index contributed by atoms with van der Waals surface area (Å²) < 4.78 is 10.7. The van der Waals surface area contributed by atoms with Gasteiger partial charge in [0.05, 0.1) is 31.2 Å². The van der Waals surface area contributed by atoms with Gasteiger partial charge in [-0.2, -0.15) is 0 Å². The molecule has 1 atom stereocenters. The third kappa shape index (κ3) is 1.85. The summed E-state index contributed by atoms with van der Waals surface area (Å²) in [4.78, 5) is 14.1. The normalized spacial score (nSPS) is 22.9. The van der Waals surface area contributed by atoms with Gasteiger partial charge < -0.3 is 20.1 Å². The molecule has 2 aliphatic heterocycles. The quantitative estimate of drug-likeness (QED) is 0.738. The Hall–Kier alpha value is -1.59. The number of anilines is 2. The third-order valence-corrected chi connectivity index (χ3v) is 3.38. The van der Waals surface area contributed by atoms with Gasteiger partial charge in [0.1, 0.15) is 0 Å². The number of para-hydroxylation sites is 1. The van der Waals surface area contributed by atoms with Crippen molar-refractivity contribution in [2.45, 2.75) is 12.5 Å². The van der Waals surface area contributed by atoms with Crippen LogP contribution >= 0.6 is 0 Å². The molecule has 0 spiro atoms. The van der Waals surface area contributed by atoms with Gasteiger partial charge in [0.25, 0.3) is 5.91 Å². The van der Waals surface area contributed by atoms with Crippen molar-refractivity contribution in [3.05, 3.63) is 23.8 Å². The molecule has 96 valence electrons. The molecular formula is C13H16N2O3. The number of nitrogen functional groups attached to an aromatic ring is 1. The minimum atomic E-state index is -0.496. The Bertz CT molecular complexity index is 469. The largest absolute Gasteiger partial charge is 0.397 e. The van der Waals surface area contributed by atoms with Crippen LogP contribution in [0.5, 0.6) is 0 Å². The number of nitrogens with two attached hydrogens (primary N) is 1. The van der Waals surface area contributed by atoms with Crippen molar-refractivity contribution in [2.75, 3.05) is 37.0 Å². The molecule has 1 fully saturated rings. The van der Waals surface area contributed by atoms with Crippen molar-refractivity contribution in [1.29, 1.82) is 0 Å². The zero-order valence-corrected chi connectivity index (χ0v) is 10.1. The molecule has 0 aromatic heterocycles. The molecule has 1 unspecified atom stereocenters. The minimum absolute atomic E-state index is 0.0497. The van der Waals surface area contributed by atoms with Crippen molar-refractivity contribution in [2.24, 2.45) is 0 Å². The Kier molecular flexibility index (Phi) is 2.93. The van der Waals surface area contributed by atoms with Crippen LogP contribution in [0.3, 0.4) is 0 Å². The van der Waals surface area contributed by atoms with Crippen molar-refractivity contribution in [1.82, 2.24) is 0 Å². The summed E-state index contributed by atoms with van der Waals surface area (Å²) in [7, 11) is 0. The molecule has 1 aromatic rings. The first kappa shape index (κ1) is 11.5. The molecule has 0 bridgehead atoms. The highest BCUT2D eigenvalue weighted by Gasteiger charge is 2.33. The second-order valence-corrected chi connectivity index (χ2v) is 4.53. The molecular weight excluding hydrogens is 232 g/mol. The monoisotopic (exact) mass is 248 g/mol. The standard InChI is InChI=1S/C13H16N2O3/c14-10-3-1-2-9-4-5-15(12(9)10)13(16)11-8-17-6-7-18-11/h1-3,11H,4-8,14H2. The summed E-state index contributed by atoms with van der Waals surface area (Å²) in [6.07, 6.45) is 0.351. The first-order valence-corrected chi connectivity index (χ1v) is 6.15. The summed E-state index contributed by atoms with van der Waals surface area (Å²) in [5, 5.41) is 0. The lowest BCUT2D eigenvalue weighted by Crippen LogP contribution is -2.45.